The van der Waals surface area contributed by atoms with Crippen molar-refractivity contribution in [1.82, 2.24) is 0 Å². The standard InChI is InChI=1S/C18H17F3O/c19-18(20,21)17-7-2-1-5-15(17)14-6-3-4-13-9-8-12(11-22)10-16(13)14/h1-2,5,7-10,14,22H,3-4,6,11H2. The summed E-state index contributed by atoms with van der Waals surface area (Å²) in [7, 11) is 0. The molecule has 0 saturated carbocycles. The van der Waals surface area contributed by atoms with Crippen molar-refractivity contribution in [3.05, 3.63) is 70.3 Å². The predicted molar refractivity (Wildman–Crippen MR) is 78.6 cm³/mol. The summed E-state index contributed by atoms with van der Waals surface area (Å²) < 4.78 is 39.9. The van der Waals surface area contributed by atoms with Crippen molar-refractivity contribution in [3.8, 4) is 0 Å². The van der Waals surface area contributed by atoms with Crippen LogP contribution in [0.5, 0.6) is 0 Å². The van der Waals surface area contributed by atoms with Crippen molar-refractivity contribution in [3.63, 3.8) is 0 Å². The van der Waals surface area contributed by atoms with Crippen molar-refractivity contribution in [2.75, 3.05) is 0 Å². The van der Waals surface area contributed by atoms with Gasteiger partial charge < -0.3 is 5.11 Å². The smallest absolute Gasteiger partial charge is 0.392 e. The van der Waals surface area contributed by atoms with Crippen LogP contribution >= 0.6 is 0 Å². The molecule has 1 unspecified atom stereocenters. The molecule has 1 nitrogen and oxygen atoms in total. The highest BCUT2D eigenvalue weighted by Crippen LogP contribution is 2.42. The first-order chi connectivity index (χ1) is 10.5. The number of benzene rings is 2. The van der Waals surface area contributed by atoms with Crippen LogP contribution in [0.1, 0.15) is 46.6 Å². The Morgan fingerprint density at radius 1 is 1.05 bits per heavy atom. The molecule has 0 aromatic heterocycles. The first-order valence-electron chi connectivity index (χ1n) is 7.39. The van der Waals surface area contributed by atoms with Crippen LogP contribution in [0.4, 0.5) is 13.2 Å². The predicted octanol–water partition coefficient (Wildman–Crippen LogP) is 4.67. The highest BCUT2D eigenvalue weighted by molar-refractivity contribution is 5.45. The molecule has 1 aliphatic carbocycles. The molecule has 1 aliphatic rings. The lowest BCUT2D eigenvalue weighted by Crippen LogP contribution is -2.17. The van der Waals surface area contributed by atoms with E-state index in [2.05, 4.69) is 0 Å². The van der Waals surface area contributed by atoms with Gasteiger partial charge in [-0.05, 0) is 47.6 Å². The first kappa shape index (κ1) is 15.1. The van der Waals surface area contributed by atoms with E-state index in [9.17, 15) is 18.3 Å². The van der Waals surface area contributed by atoms with Crippen molar-refractivity contribution >= 4 is 0 Å². The zero-order valence-corrected chi connectivity index (χ0v) is 12.0. The Morgan fingerprint density at radius 3 is 2.55 bits per heavy atom. The van der Waals surface area contributed by atoms with E-state index < -0.39 is 11.7 Å². The summed E-state index contributed by atoms with van der Waals surface area (Å²) in [6.07, 6.45) is -1.88. The van der Waals surface area contributed by atoms with Crippen LogP contribution in [0.2, 0.25) is 0 Å². The monoisotopic (exact) mass is 306 g/mol. The molecular weight excluding hydrogens is 289 g/mol. The summed E-state index contributed by atoms with van der Waals surface area (Å²) in [5.74, 6) is -0.256. The molecule has 0 spiro atoms. The molecule has 0 heterocycles. The minimum Gasteiger partial charge on any atom is -0.392 e. The summed E-state index contributed by atoms with van der Waals surface area (Å²) in [6.45, 7) is -0.0963. The molecule has 22 heavy (non-hydrogen) atoms. The third kappa shape index (κ3) is 2.75. The largest absolute Gasteiger partial charge is 0.416 e. The van der Waals surface area contributed by atoms with Crippen LogP contribution < -0.4 is 0 Å². The fraction of sp³-hybridized carbons (Fsp3) is 0.333. The quantitative estimate of drug-likeness (QED) is 0.855. The fourth-order valence-electron chi connectivity index (χ4n) is 3.33. The van der Waals surface area contributed by atoms with Crippen molar-refractivity contribution in [1.29, 1.82) is 0 Å². The van der Waals surface area contributed by atoms with E-state index in [1.54, 1.807) is 12.1 Å². The number of alkyl halides is 3. The Labute approximate surface area is 127 Å². The highest BCUT2D eigenvalue weighted by atomic mass is 19.4. The van der Waals surface area contributed by atoms with Gasteiger partial charge in [-0.2, -0.15) is 13.2 Å². The Kier molecular flexibility index (Phi) is 3.96. The summed E-state index contributed by atoms with van der Waals surface area (Å²) in [6, 6.07) is 11.5. The molecule has 4 heteroatoms. The zero-order valence-electron chi connectivity index (χ0n) is 12.0. The topological polar surface area (TPSA) is 20.2 Å². The van der Waals surface area contributed by atoms with Crippen LogP contribution in [-0.4, -0.2) is 5.11 Å². The van der Waals surface area contributed by atoms with Gasteiger partial charge in [0.05, 0.1) is 12.2 Å². The second kappa shape index (κ2) is 5.76. The van der Waals surface area contributed by atoms with Crippen LogP contribution in [0, 0.1) is 0 Å². The Bertz CT molecular complexity index is 676. The molecular formula is C18H17F3O. The van der Waals surface area contributed by atoms with E-state index in [0.717, 1.165) is 35.6 Å². The molecule has 0 aliphatic heterocycles. The van der Waals surface area contributed by atoms with Gasteiger partial charge in [0.25, 0.3) is 0 Å². The number of hydrogen-bond acceptors (Lipinski definition) is 1. The van der Waals surface area contributed by atoms with Crippen LogP contribution in [0.3, 0.4) is 0 Å². The molecule has 0 fully saturated rings. The second-order valence-corrected chi connectivity index (χ2v) is 5.72. The molecule has 0 amide bonds. The number of halogens is 3. The molecule has 0 bridgehead atoms. The molecule has 0 radical (unpaired) electrons. The average molecular weight is 306 g/mol. The Balaban J connectivity index is 2.12. The van der Waals surface area contributed by atoms with Gasteiger partial charge >= 0.3 is 6.18 Å². The molecule has 1 N–H and O–H groups in total. The zero-order chi connectivity index (χ0) is 15.7. The summed E-state index contributed by atoms with van der Waals surface area (Å²) >= 11 is 0. The van der Waals surface area contributed by atoms with Gasteiger partial charge in [0.15, 0.2) is 0 Å². The van der Waals surface area contributed by atoms with Crippen LogP contribution in [0.25, 0.3) is 0 Å². The number of rotatable bonds is 2. The number of aliphatic hydroxyl groups excluding tert-OH is 1. The van der Waals surface area contributed by atoms with Gasteiger partial charge in [-0.25, -0.2) is 0 Å². The number of aryl methyl sites for hydroxylation is 1. The van der Waals surface area contributed by atoms with Gasteiger partial charge in [-0.1, -0.05) is 36.4 Å². The van der Waals surface area contributed by atoms with Gasteiger partial charge in [-0.3, -0.25) is 0 Å². The van der Waals surface area contributed by atoms with Crippen LogP contribution in [-0.2, 0) is 19.2 Å². The van der Waals surface area contributed by atoms with Gasteiger partial charge in [0, 0.05) is 5.92 Å². The SMILES string of the molecule is OCc1ccc2c(c1)C(c1ccccc1C(F)(F)F)CCC2. The molecule has 2 aromatic rings. The first-order valence-corrected chi connectivity index (χ1v) is 7.39. The number of fused-ring (bicyclic) bond motifs is 1. The number of hydrogen-bond donors (Lipinski definition) is 1. The second-order valence-electron chi connectivity index (χ2n) is 5.72. The van der Waals surface area contributed by atoms with Crippen molar-refractivity contribution < 1.29 is 18.3 Å². The molecule has 2 aromatic carbocycles. The van der Waals surface area contributed by atoms with E-state index in [1.807, 2.05) is 18.2 Å². The molecule has 116 valence electrons. The van der Waals surface area contributed by atoms with Crippen molar-refractivity contribution in [2.24, 2.45) is 0 Å². The maximum atomic E-state index is 13.3. The van der Waals surface area contributed by atoms with E-state index in [4.69, 9.17) is 0 Å². The fourth-order valence-corrected chi connectivity index (χ4v) is 3.33. The lowest BCUT2D eigenvalue weighted by molar-refractivity contribution is -0.138. The lowest BCUT2D eigenvalue weighted by Gasteiger charge is -2.28. The summed E-state index contributed by atoms with van der Waals surface area (Å²) in [5, 5.41) is 9.30. The average Bonchev–Trinajstić information content (AvgIpc) is 2.53. The maximum absolute atomic E-state index is 13.3. The minimum absolute atomic E-state index is 0.0963. The molecule has 3 rings (SSSR count). The maximum Gasteiger partial charge on any atom is 0.416 e. The Hall–Kier alpha value is -1.81. The lowest BCUT2D eigenvalue weighted by atomic mass is 9.77. The van der Waals surface area contributed by atoms with Gasteiger partial charge in [-0.15, -0.1) is 0 Å². The molecule has 0 saturated heterocycles. The normalized spacial score (nSPS) is 18.1. The van der Waals surface area contributed by atoms with E-state index >= 15 is 0 Å². The van der Waals surface area contributed by atoms with E-state index in [1.165, 1.54) is 6.07 Å². The Morgan fingerprint density at radius 2 is 1.82 bits per heavy atom. The van der Waals surface area contributed by atoms with Gasteiger partial charge in [0.2, 0.25) is 0 Å². The van der Waals surface area contributed by atoms with Crippen molar-refractivity contribution in [2.45, 2.75) is 38.0 Å². The van der Waals surface area contributed by atoms with Crippen LogP contribution in [0.15, 0.2) is 42.5 Å². The summed E-state index contributed by atoms with van der Waals surface area (Å²) in [4.78, 5) is 0. The third-order valence-corrected chi connectivity index (χ3v) is 4.35. The molecule has 1 atom stereocenters. The van der Waals surface area contributed by atoms with Gasteiger partial charge in [0.1, 0.15) is 0 Å². The van der Waals surface area contributed by atoms with E-state index in [0.29, 0.717) is 12.0 Å². The minimum atomic E-state index is -4.34. The summed E-state index contributed by atoms with van der Waals surface area (Å²) in [5.41, 5.74) is 2.54. The highest BCUT2D eigenvalue weighted by Gasteiger charge is 2.36. The number of aliphatic hydroxyl groups is 1. The third-order valence-electron chi connectivity index (χ3n) is 4.35. The van der Waals surface area contributed by atoms with E-state index in [-0.39, 0.29) is 12.5 Å².